The van der Waals surface area contributed by atoms with Crippen molar-refractivity contribution >= 4 is 40.5 Å². The maximum Gasteiger partial charge on any atom is 0.430 e. The zero-order chi connectivity index (χ0) is 26.2. The highest BCUT2D eigenvalue weighted by molar-refractivity contribution is 14.1. The van der Waals surface area contributed by atoms with Crippen LogP contribution >= 0.6 is 22.6 Å². The SMILES string of the molecule is CCC(C)(I)C(=O)OC1C2CC3C1OC(=O)C3C2C(=O)OC(C)(C)C(O)(C(F)(F)F)C(F)(F)F. The second-order valence-corrected chi connectivity index (χ2v) is 12.0. The molecule has 7 nitrogen and oxygen atoms in total. The molecule has 1 heterocycles. The van der Waals surface area contributed by atoms with Gasteiger partial charge in [0.25, 0.3) is 5.60 Å². The van der Waals surface area contributed by atoms with Gasteiger partial charge in [-0.05, 0) is 33.6 Å². The summed E-state index contributed by atoms with van der Waals surface area (Å²) < 4.78 is 94.5. The normalized spacial score (nSPS) is 32.9. The van der Waals surface area contributed by atoms with E-state index in [0.29, 0.717) is 6.42 Å². The highest BCUT2D eigenvalue weighted by Crippen LogP contribution is 2.60. The minimum absolute atomic E-state index is 0.131. The van der Waals surface area contributed by atoms with Crippen molar-refractivity contribution in [3.63, 3.8) is 0 Å². The first-order valence-electron chi connectivity index (χ1n) is 10.4. The van der Waals surface area contributed by atoms with E-state index < -0.39 is 80.8 Å². The Hall–Kier alpha value is -1.32. The monoisotopic (exact) mass is 616 g/mol. The van der Waals surface area contributed by atoms with E-state index in [9.17, 15) is 45.8 Å². The van der Waals surface area contributed by atoms with Gasteiger partial charge in [0.05, 0.1) is 11.8 Å². The van der Waals surface area contributed by atoms with E-state index in [1.165, 1.54) is 0 Å². The van der Waals surface area contributed by atoms with Crippen LogP contribution in [0.1, 0.15) is 40.5 Å². The van der Waals surface area contributed by atoms with Crippen molar-refractivity contribution in [3.8, 4) is 0 Å². The minimum atomic E-state index is -6.23. The molecule has 1 N–H and O–H groups in total. The molecule has 2 aliphatic carbocycles. The van der Waals surface area contributed by atoms with Gasteiger partial charge in [0.2, 0.25) is 0 Å². The smallest absolute Gasteiger partial charge is 0.430 e. The number of halogens is 7. The fourth-order valence-corrected chi connectivity index (χ4v) is 5.22. The van der Waals surface area contributed by atoms with Gasteiger partial charge < -0.3 is 19.3 Å². The van der Waals surface area contributed by atoms with Crippen molar-refractivity contribution in [3.05, 3.63) is 0 Å². The minimum Gasteiger partial charge on any atom is -0.458 e. The van der Waals surface area contributed by atoms with Crippen molar-refractivity contribution < 1.29 is 60.0 Å². The Morgan fingerprint density at radius 1 is 1.09 bits per heavy atom. The van der Waals surface area contributed by atoms with Crippen molar-refractivity contribution in [1.29, 1.82) is 0 Å². The lowest BCUT2D eigenvalue weighted by molar-refractivity contribution is -0.407. The molecule has 0 amide bonds. The molecule has 1 saturated heterocycles. The highest BCUT2D eigenvalue weighted by atomic mass is 127. The maximum atomic E-state index is 13.3. The fourth-order valence-electron chi connectivity index (χ4n) is 5.10. The Morgan fingerprint density at radius 3 is 2.09 bits per heavy atom. The predicted octanol–water partition coefficient (Wildman–Crippen LogP) is 3.49. The summed E-state index contributed by atoms with van der Waals surface area (Å²) in [6.07, 6.45) is -13.9. The molecule has 2 bridgehead atoms. The fraction of sp³-hybridized carbons (Fsp3) is 0.850. The summed E-state index contributed by atoms with van der Waals surface area (Å²) in [4.78, 5) is 37.9. The van der Waals surface area contributed by atoms with E-state index >= 15 is 0 Å². The average molecular weight is 616 g/mol. The van der Waals surface area contributed by atoms with Gasteiger partial charge in [-0.15, -0.1) is 0 Å². The van der Waals surface area contributed by atoms with Crippen molar-refractivity contribution in [2.75, 3.05) is 0 Å². The van der Waals surface area contributed by atoms with E-state index in [2.05, 4.69) is 4.74 Å². The Balaban J connectivity index is 1.90. The summed E-state index contributed by atoms with van der Waals surface area (Å²) in [6.45, 7) is 3.89. The van der Waals surface area contributed by atoms with Crippen molar-refractivity contribution in [1.82, 2.24) is 0 Å². The molecule has 1 aliphatic heterocycles. The first kappa shape index (κ1) is 27.3. The number of carbonyl (C=O) groups excluding carboxylic acids is 3. The Bertz CT molecular complexity index is 870. The molecule has 0 aromatic carbocycles. The van der Waals surface area contributed by atoms with Crippen LogP contribution in [0.25, 0.3) is 0 Å². The molecular formula is C20H23F6IO7. The van der Waals surface area contributed by atoms with E-state index in [-0.39, 0.29) is 20.3 Å². The highest BCUT2D eigenvalue weighted by Gasteiger charge is 2.79. The zero-order valence-electron chi connectivity index (χ0n) is 18.4. The molecule has 7 unspecified atom stereocenters. The third kappa shape index (κ3) is 3.86. The summed E-state index contributed by atoms with van der Waals surface area (Å²) in [5.41, 5.74) is -8.88. The summed E-state index contributed by atoms with van der Waals surface area (Å²) in [6, 6.07) is 0. The van der Waals surface area contributed by atoms with Crippen LogP contribution in [0.5, 0.6) is 0 Å². The molecule has 3 rings (SSSR count). The Labute approximate surface area is 204 Å². The Kier molecular flexibility index (Phi) is 6.50. The van der Waals surface area contributed by atoms with Crippen LogP contribution in [0.2, 0.25) is 0 Å². The van der Waals surface area contributed by atoms with Crippen molar-refractivity contribution in [2.45, 2.75) is 79.7 Å². The Morgan fingerprint density at radius 2 is 1.62 bits per heavy atom. The van der Waals surface area contributed by atoms with Crippen LogP contribution in [0, 0.1) is 23.7 Å². The quantitative estimate of drug-likeness (QED) is 0.161. The summed E-state index contributed by atoms with van der Waals surface area (Å²) in [5.74, 6) is -7.25. The van der Waals surface area contributed by atoms with Crippen LogP contribution in [0.15, 0.2) is 0 Å². The lowest BCUT2D eigenvalue weighted by atomic mass is 9.78. The van der Waals surface area contributed by atoms with E-state index in [4.69, 9.17) is 9.47 Å². The van der Waals surface area contributed by atoms with Crippen LogP contribution in [0.3, 0.4) is 0 Å². The first-order chi connectivity index (χ1) is 15.2. The van der Waals surface area contributed by atoms with E-state index in [1.54, 1.807) is 13.8 Å². The maximum absolute atomic E-state index is 13.3. The molecule has 3 fully saturated rings. The number of ether oxygens (including phenoxy) is 3. The molecule has 7 atom stereocenters. The summed E-state index contributed by atoms with van der Waals surface area (Å²) in [7, 11) is 0. The lowest BCUT2D eigenvalue weighted by Crippen LogP contribution is -2.70. The zero-order valence-corrected chi connectivity index (χ0v) is 20.6. The van der Waals surface area contributed by atoms with Gasteiger partial charge >= 0.3 is 30.3 Å². The first-order valence-corrected chi connectivity index (χ1v) is 11.5. The number of fused-ring (bicyclic) bond motifs is 1. The second-order valence-electron chi connectivity index (χ2n) is 9.57. The predicted molar refractivity (Wildman–Crippen MR) is 108 cm³/mol. The molecule has 34 heavy (non-hydrogen) atoms. The van der Waals surface area contributed by atoms with Gasteiger partial charge in [-0.1, -0.05) is 29.5 Å². The number of hydrogen-bond acceptors (Lipinski definition) is 7. The standard InChI is InChI=1S/C20H23F6IO7/c1-5-17(4,27)15(30)33-12-8-6-7-9(13(28)32-11(7)12)10(8)14(29)34-16(2,3)18(31,19(21,22)23)20(24,25)26/h7-12,31H,5-6H2,1-4H3. The van der Waals surface area contributed by atoms with Crippen molar-refractivity contribution in [2.24, 2.45) is 23.7 Å². The molecule has 14 heteroatoms. The topological polar surface area (TPSA) is 99.1 Å². The van der Waals surface area contributed by atoms with E-state index in [1.807, 2.05) is 22.6 Å². The number of esters is 3. The third-order valence-electron chi connectivity index (χ3n) is 7.20. The van der Waals surface area contributed by atoms with Gasteiger partial charge in [-0.25, -0.2) is 0 Å². The van der Waals surface area contributed by atoms with Gasteiger partial charge in [-0.3, -0.25) is 14.4 Å². The molecule has 0 radical (unpaired) electrons. The lowest BCUT2D eigenvalue weighted by Gasteiger charge is -2.44. The molecule has 2 saturated carbocycles. The van der Waals surface area contributed by atoms with Crippen LogP contribution in [-0.2, 0) is 28.6 Å². The summed E-state index contributed by atoms with van der Waals surface area (Å²) >= 11 is 1.86. The molecule has 0 spiro atoms. The number of rotatable bonds is 6. The van der Waals surface area contributed by atoms with E-state index in [0.717, 1.165) is 0 Å². The van der Waals surface area contributed by atoms with Gasteiger partial charge in [0.1, 0.15) is 15.6 Å². The second kappa shape index (κ2) is 8.10. The molecule has 0 aromatic rings. The molecule has 3 aliphatic rings. The summed E-state index contributed by atoms with van der Waals surface area (Å²) in [5, 5.41) is 9.72. The van der Waals surface area contributed by atoms with Crippen LogP contribution in [0.4, 0.5) is 26.3 Å². The van der Waals surface area contributed by atoms with Gasteiger partial charge in [-0.2, -0.15) is 26.3 Å². The number of aliphatic hydroxyl groups is 1. The third-order valence-corrected chi connectivity index (χ3v) is 8.40. The molecule has 0 aromatic heterocycles. The number of carbonyl (C=O) groups is 3. The number of hydrogen-bond donors (Lipinski definition) is 1. The largest absolute Gasteiger partial charge is 0.458 e. The molecule has 194 valence electrons. The average Bonchev–Trinajstić information content (AvgIpc) is 3.28. The van der Waals surface area contributed by atoms with Gasteiger partial charge in [0, 0.05) is 11.8 Å². The van der Waals surface area contributed by atoms with Crippen LogP contribution < -0.4 is 0 Å². The number of alkyl halides is 7. The van der Waals surface area contributed by atoms with Gasteiger partial charge in [0.15, 0.2) is 5.60 Å². The molecular weight excluding hydrogens is 593 g/mol. The van der Waals surface area contributed by atoms with Crippen LogP contribution in [-0.4, -0.2) is 62.2 Å².